The fourth-order valence-corrected chi connectivity index (χ4v) is 4.19. The summed E-state index contributed by atoms with van der Waals surface area (Å²) in [6, 6.07) is 3.54. The lowest BCUT2D eigenvalue weighted by molar-refractivity contribution is 0.184. The molecule has 3 unspecified atom stereocenters. The van der Waals surface area contributed by atoms with E-state index in [1.165, 1.54) is 11.3 Å². The molecule has 1 aromatic heterocycles. The summed E-state index contributed by atoms with van der Waals surface area (Å²) in [5, 5.41) is 14.8. The number of thiophene rings is 1. The molecule has 6 heteroatoms. The second-order valence-electron chi connectivity index (χ2n) is 4.95. The summed E-state index contributed by atoms with van der Waals surface area (Å²) in [5.74, 6) is 0.273. The molecule has 0 amide bonds. The number of rotatable bonds is 8. The van der Waals surface area contributed by atoms with Crippen LogP contribution in [0.15, 0.2) is 21.7 Å². The monoisotopic (exact) mass is 305 g/mol. The molecule has 1 rings (SSSR count). The zero-order chi connectivity index (χ0) is 14.5. The van der Waals surface area contributed by atoms with E-state index in [-0.39, 0.29) is 11.8 Å². The zero-order valence-electron chi connectivity index (χ0n) is 11.7. The summed E-state index contributed by atoms with van der Waals surface area (Å²) in [4.78, 5) is 0. The molecule has 0 radical (unpaired) electrons. The number of hydrogen-bond acceptors (Lipinski definition) is 5. The van der Waals surface area contributed by atoms with Crippen molar-refractivity contribution in [3.8, 4) is 0 Å². The minimum Gasteiger partial charge on any atom is -0.391 e. The third kappa shape index (κ3) is 5.22. The summed E-state index contributed by atoms with van der Waals surface area (Å²) in [6.45, 7) is 6.59. The zero-order valence-corrected chi connectivity index (χ0v) is 13.3. The molecule has 110 valence electrons. The molecular weight excluding hydrogens is 282 g/mol. The normalized spacial score (nSPS) is 17.1. The highest BCUT2D eigenvalue weighted by molar-refractivity contribution is 7.93. The van der Waals surface area contributed by atoms with Crippen molar-refractivity contribution in [3.05, 3.63) is 17.5 Å². The van der Waals surface area contributed by atoms with Crippen molar-refractivity contribution in [2.45, 2.75) is 43.5 Å². The van der Waals surface area contributed by atoms with Gasteiger partial charge in [0.2, 0.25) is 0 Å². The number of hydrogen-bond donors (Lipinski definition) is 2. The van der Waals surface area contributed by atoms with Gasteiger partial charge in [-0.15, -0.1) is 11.3 Å². The molecule has 0 aliphatic rings. The predicted molar refractivity (Wildman–Crippen MR) is 79.3 cm³/mol. The van der Waals surface area contributed by atoms with Crippen molar-refractivity contribution in [2.75, 3.05) is 12.3 Å². The molecule has 0 aromatic carbocycles. The number of sulfone groups is 1. The van der Waals surface area contributed by atoms with Crippen molar-refractivity contribution < 1.29 is 13.5 Å². The summed E-state index contributed by atoms with van der Waals surface area (Å²) in [7, 11) is -3.36. The molecule has 2 N–H and O–H groups in total. The van der Waals surface area contributed by atoms with Gasteiger partial charge in [-0.1, -0.05) is 26.3 Å². The second-order valence-corrected chi connectivity index (χ2v) is 8.16. The molecule has 1 heterocycles. The van der Waals surface area contributed by atoms with Crippen molar-refractivity contribution in [1.82, 2.24) is 5.32 Å². The van der Waals surface area contributed by atoms with Crippen LogP contribution >= 0.6 is 11.3 Å². The van der Waals surface area contributed by atoms with Crippen LogP contribution < -0.4 is 5.32 Å². The van der Waals surface area contributed by atoms with Gasteiger partial charge in [-0.3, -0.25) is 0 Å². The van der Waals surface area contributed by atoms with Crippen LogP contribution in [0.1, 0.15) is 27.2 Å². The van der Waals surface area contributed by atoms with Gasteiger partial charge in [0, 0.05) is 12.6 Å². The average molecular weight is 305 g/mol. The highest BCUT2D eigenvalue weighted by Crippen LogP contribution is 2.18. The summed E-state index contributed by atoms with van der Waals surface area (Å²) in [5.41, 5.74) is 0. The largest absolute Gasteiger partial charge is 0.391 e. The Kier molecular flexibility index (Phi) is 6.46. The molecular formula is C13H23NO3S2. The fraction of sp³-hybridized carbons (Fsp3) is 0.692. The Bertz CT molecular complexity index is 456. The molecule has 3 atom stereocenters. The lowest BCUT2D eigenvalue weighted by Crippen LogP contribution is -2.39. The Balaban J connectivity index is 2.46. The van der Waals surface area contributed by atoms with Crippen LogP contribution in [0.4, 0.5) is 0 Å². The molecule has 0 saturated carbocycles. The minimum atomic E-state index is -3.36. The SMILES string of the molecule is CCC(C)C(C)NCC(O)CS(=O)(=O)c1cccs1. The Morgan fingerprint density at radius 3 is 2.63 bits per heavy atom. The van der Waals surface area contributed by atoms with Gasteiger partial charge in [-0.05, 0) is 24.3 Å². The third-order valence-corrected chi connectivity index (χ3v) is 6.67. The molecule has 0 bridgehead atoms. The van der Waals surface area contributed by atoms with Gasteiger partial charge in [0.15, 0.2) is 9.84 Å². The maximum absolute atomic E-state index is 12.0. The number of nitrogens with one attached hydrogen (secondary N) is 1. The molecule has 4 nitrogen and oxygen atoms in total. The number of aliphatic hydroxyl groups excluding tert-OH is 1. The van der Waals surface area contributed by atoms with Crippen LogP contribution in [-0.2, 0) is 9.84 Å². The summed E-state index contributed by atoms with van der Waals surface area (Å²) in [6.07, 6.45) is 0.177. The van der Waals surface area contributed by atoms with Gasteiger partial charge in [-0.2, -0.15) is 0 Å². The van der Waals surface area contributed by atoms with E-state index in [1.54, 1.807) is 17.5 Å². The van der Waals surface area contributed by atoms with Gasteiger partial charge >= 0.3 is 0 Å². The predicted octanol–water partition coefficient (Wildman–Crippen LogP) is 1.91. The number of aliphatic hydroxyl groups is 1. The van der Waals surface area contributed by atoms with Crippen molar-refractivity contribution in [2.24, 2.45) is 5.92 Å². The Morgan fingerprint density at radius 1 is 1.42 bits per heavy atom. The van der Waals surface area contributed by atoms with Crippen molar-refractivity contribution in [1.29, 1.82) is 0 Å². The van der Waals surface area contributed by atoms with Crippen LogP contribution in [-0.4, -0.2) is 38.0 Å². The van der Waals surface area contributed by atoms with E-state index >= 15 is 0 Å². The van der Waals surface area contributed by atoms with E-state index in [1.807, 2.05) is 0 Å². The highest BCUT2D eigenvalue weighted by atomic mass is 32.2. The first kappa shape index (κ1) is 16.6. The van der Waals surface area contributed by atoms with Crippen molar-refractivity contribution >= 4 is 21.2 Å². The Morgan fingerprint density at radius 2 is 2.11 bits per heavy atom. The van der Waals surface area contributed by atoms with Crippen LogP contribution in [0.5, 0.6) is 0 Å². The maximum Gasteiger partial charge on any atom is 0.190 e. The quantitative estimate of drug-likeness (QED) is 0.770. The van der Waals surface area contributed by atoms with E-state index in [9.17, 15) is 13.5 Å². The first-order valence-corrected chi connectivity index (χ1v) is 9.07. The summed E-state index contributed by atoms with van der Waals surface area (Å²) >= 11 is 1.19. The van der Waals surface area contributed by atoms with Gasteiger partial charge < -0.3 is 10.4 Å². The summed E-state index contributed by atoms with van der Waals surface area (Å²) < 4.78 is 24.2. The van der Waals surface area contributed by atoms with E-state index in [0.717, 1.165) is 6.42 Å². The van der Waals surface area contributed by atoms with E-state index < -0.39 is 15.9 Å². The molecule has 0 fully saturated rings. The van der Waals surface area contributed by atoms with E-state index in [4.69, 9.17) is 0 Å². The van der Waals surface area contributed by atoms with Crippen LogP contribution in [0.2, 0.25) is 0 Å². The first-order chi connectivity index (χ1) is 8.86. The van der Waals surface area contributed by atoms with Gasteiger partial charge in [0.1, 0.15) is 4.21 Å². The van der Waals surface area contributed by atoms with E-state index in [2.05, 4.69) is 26.1 Å². The van der Waals surface area contributed by atoms with Crippen LogP contribution in [0.3, 0.4) is 0 Å². The molecule has 0 saturated heterocycles. The van der Waals surface area contributed by atoms with Crippen LogP contribution in [0.25, 0.3) is 0 Å². The standard InChI is InChI=1S/C13H23NO3S2/c1-4-10(2)11(3)14-8-12(15)9-19(16,17)13-6-5-7-18-13/h5-7,10-12,14-15H,4,8-9H2,1-3H3. The lowest BCUT2D eigenvalue weighted by Gasteiger charge is -2.21. The topological polar surface area (TPSA) is 66.4 Å². The van der Waals surface area contributed by atoms with Gasteiger partial charge in [0.25, 0.3) is 0 Å². The van der Waals surface area contributed by atoms with Gasteiger partial charge in [0.05, 0.1) is 11.9 Å². The lowest BCUT2D eigenvalue weighted by atomic mass is 10.0. The first-order valence-electron chi connectivity index (χ1n) is 6.54. The average Bonchev–Trinajstić information content (AvgIpc) is 2.88. The fourth-order valence-electron chi connectivity index (χ4n) is 1.71. The van der Waals surface area contributed by atoms with E-state index in [0.29, 0.717) is 16.7 Å². The molecule has 19 heavy (non-hydrogen) atoms. The van der Waals surface area contributed by atoms with Crippen LogP contribution in [0, 0.1) is 5.92 Å². The molecule has 0 aliphatic carbocycles. The minimum absolute atomic E-state index is 0.228. The molecule has 1 aromatic rings. The second kappa shape index (κ2) is 7.38. The molecule has 0 spiro atoms. The third-order valence-electron chi connectivity index (χ3n) is 3.39. The smallest absolute Gasteiger partial charge is 0.190 e. The maximum atomic E-state index is 12.0. The van der Waals surface area contributed by atoms with Gasteiger partial charge in [-0.25, -0.2) is 8.42 Å². The molecule has 0 aliphatic heterocycles. The van der Waals surface area contributed by atoms with Crippen molar-refractivity contribution in [3.63, 3.8) is 0 Å². The Labute approximate surface area is 119 Å². The Hall–Kier alpha value is -0.430. The highest BCUT2D eigenvalue weighted by Gasteiger charge is 2.21.